The van der Waals surface area contributed by atoms with Crippen LogP contribution in [0, 0.1) is 0 Å². The minimum atomic E-state index is -0.0123. The van der Waals surface area contributed by atoms with E-state index < -0.39 is 0 Å². The summed E-state index contributed by atoms with van der Waals surface area (Å²) in [5, 5.41) is 12.4. The average Bonchev–Trinajstić information content (AvgIpc) is 3.35. The van der Waals surface area contributed by atoms with Crippen LogP contribution in [0.5, 0.6) is 0 Å². The molecular formula is C19H25N5O2. The van der Waals surface area contributed by atoms with Gasteiger partial charge >= 0.3 is 0 Å². The number of likely N-dealkylation sites (tertiary alicyclic amines) is 1. The summed E-state index contributed by atoms with van der Waals surface area (Å²) in [7, 11) is 0. The molecule has 1 atom stereocenters. The zero-order valence-electron chi connectivity index (χ0n) is 15.0. The van der Waals surface area contributed by atoms with Gasteiger partial charge in [0.25, 0.3) is 5.56 Å². The first-order valence-corrected chi connectivity index (χ1v) is 9.74. The van der Waals surface area contributed by atoms with Crippen LogP contribution >= 0.6 is 0 Å². The van der Waals surface area contributed by atoms with Crippen molar-refractivity contribution in [3.05, 3.63) is 44.6 Å². The highest BCUT2D eigenvalue weighted by Gasteiger charge is 2.28. The van der Waals surface area contributed by atoms with Gasteiger partial charge in [-0.15, -0.1) is 0 Å². The van der Waals surface area contributed by atoms with E-state index in [1.165, 1.54) is 29.8 Å². The Kier molecular flexibility index (Phi) is 4.13. The summed E-state index contributed by atoms with van der Waals surface area (Å²) in [5.74, 6) is 0. The Morgan fingerprint density at radius 3 is 3.19 bits per heavy atom. The van der Waals surface area contributed by atoms with Crippen LogP contribution in [0.2, 0.25) is 0 Å². The Balaban J connectivity index is 1.34. The minimum absolute atomic E-state index is 0.0123. The van der Waals surface area contributed by atoms with Gasteiger partial charge in [-0.1, -0.05) is 0 Å². The van der Waals surface area contributed by atoms with Crippen molar-refractivity contribution in [3.63, 3.8) is 0 Å². The lowest BCUT2D eigenvalue weighted by molar-refractivity contribution is 0.107. The molecule has 5 rings (SSSR count). The lowest BCUT2D eigenvalue weighted by Crippen LogP contribution is -2.38. The van der Waals surface area contributed by atoms with Gasteiger partial charge in [-0.2, -0.15) is 10.2 Å². The van der Waals surface area contributed by atoms with E-state index in [4.69, 9.17) is 4.74 Å². The Morgan fingerprint density at radius 1 is 1.27 bits per heavy atom. The molecule has 1 fully saturated rings. The third-order valence-electron chi connectivity index (χ3n) is 6.03. The van der Waals surface area contributed by atoms with Gasteiger partial charge in [0, 0.05) is 36.3 Å². The summed E-state index contributed by atoms with van der Waals surface area (Å²) in [5.41, 5.74) is 5.91. The summed E-state index contributed by atoms with van der Waals surface area (Å²) in [4.78, 5) is 14.9. The molecule has 0 aromatic carbocycles. The molecule has 1 N–H and O–H groups in total. The van der Waals surface area contributed by atoms with Crippen molar-refractivity contribution in [1.29, 1.82) is 0 Å². The lowest BCUT2D eigenvalue weighted by atomic mass is 10.1. The number of aryl methyl sites for hydroxylation is 1. The second kappa shape index (κ2) is 6.63. The number of hydrogen-bond donors (Lipinski definition) is 1. The van der Waals surface area contributed by atoms with Gasteiger partial charge in [0.2, 0.25) is 0 Å². The van der Waals surface area contributed by atoms with Crippen LogP contribution in [0.3, 0.4) is 0 Å². The second-order valence-corrected chi connectivity index (χ2v) is 7.69. The SMILES string of the molecule is O=c1cc2c(nn1CC1CCCN1Cc1n[nH]c3c1CCC3)CCOC2. The Hall–Kier alpha value is -1.99. The monoisotopic (exact) mass is 355 g/mol. The van der Waals surface area contributed by atoms with Crippen LogP contribution in [-0.2, 0) is 43.7 Å². The van der Waals surface area contributed by atoms with Gasteiger partial charge in [-0.25, -0.2) is 4.68 Å². The number of H-pyrrole nitrogens is 1. The van der Waals surface area contributed by atoms with Crippen molar-refractivity contribution in [2.75, 3.05) is 13.2 Å². The molecule has 0 radical (unpaired) electrons. The molecule has 26 heavy (non-hydrogen) atoms. The van der Waals surface area contributed by atoms with E-state index in [2.05, 4.69) is 20.2 Å². The van der Waals surface area contributed by atoms with Gasteiger partial charge in [-0.05, 0) is 44.2 Å². The van der Waals surface area contributed by atoms with Gasteiger partial charge in [0.15, 0.2) is 0 Å². The Bertz CT molecular complexity index is 871. The van der Waals surface area contributed by atoms with Crippen LogP contribution in [0.25, 0.3) is 0 Å². The zero-order chi connectivity index (χ0) is 17.5. The zero-order valence-corrected chi connectivity index (χ0v) is 15.0. The molecule has 0 saturated carbocycles. The molecule has 0 amide bonds. The smallest absolute Gasteiger partial charge is 0.267 e. The molecule has 4 heterocycles. The van der Waals surface area contributed by atoms with Gasteiger partial charge in [0.1, 0.15) is 0 Å². The fourth-order valence-corrected chi connectivity index (χ4v) is 4.60. The first kappa shape index (κ1) is 16.2. The third-order valence-corrected chi connectivity index (χ3v) is 6.03. The van der Waals surface area contributed by atoms with Crippen molar-refractivity contribution >= 4 is 0 Å². The van der Waals surface area contributed by atoms with Crippen molar-refractivity contribution in [2.24, 2.45) is 0 Å². The van der Waals surface area contributed by atoms with E-state index >= 15 is 0 Å². The summed E-state index contributed by atoms with van der Waals surface area (Å²) in [6.45, 7) is 3.82. The topological polar surface area (TPSA) is 76.0 Å². The number of nitrogens with one attached hydrogen (secondary N) is 1. The number of hydrogen-bond acceptors (Lipinski definition) is 5. The van der Waals surface area contributed by atoms with E-state index in [1.807, 2.05) is 0 Å². The Morgan fingerprint density at radius 2 is 2.23 bits per heavy atom. The number of fused-ring (bicyclic) bond motifs is 2. The maximum absolute atomic E-state index is 12.5. The first-order valence-electron chi connectivity index (χ1n) is 9.74. The number of rotatable bonds is 4. The van der Waals surface area contributed by atoms with Crippen LogP contribution in [0.4, 0.5) is 0 Å². The van der Waals surface area contributed by atoms with Gasteiger partial charge in [0.05, 0.1) is 31.1 Å². The molecule has 1 saturated heterocycles. The number of aromatic amines is 1. The van der Waals surface area contributed by atoms with Gasteiger partial charge < -0.3 is 4.74 Å². The minimum Gasteiger partial charge on any atom is -0.376 e. The molecule has 2 aliphatic heterocycles. The third kappa shape index (κ3) is 2.89. The van der Waals surface area contributed by atoms with Gasteiger partial charge in [-0.3, -0.25) is 14.8 Å². The van der Waals surface area contributed by atoms with E-state index in [0.717, 1.165) is 50.0 Å². The average molecular weight is 355 g/mol. The molecule has 0 bridgehead atoms. The molecule has 7 nitrogen and oxygen atoms in total. The van der Waals surface area contributed by atoms with Crippen molar-refractivity contribution < 1.29 is 4.74 Å². The molecule has 1 unspecified atom stereocenters. The predicted molar refractivity (Wildman–Crippen MR) is 95.9 cm³/mol. The molecule has 138 valence electrons. The molecule has 1 aliphatic carbocycles. The fourth-order valence-electron chi connectivity index (χ4n) is 4.60. The number of nitrogens with zero attached hydrogens (tertiary/aromatic N) is 4. The fraction of sp³-hybridized carbons (Fsp3) is 0.632. The highest BCUT2D eigenvalue weighted by atomic mass is 16.5. The molecule has 2 aromatic heterocycles. The van der Waals surface area contributed by atoms with E-state index in [-0.39, 0.29) is 5.56 Å². The number of aromatic nitrogens is 4. The van der Waals surface area contributed by atoms with E-state index in [1.54, 1.807) is 10.7 Å². The highest BCUT2D eigenvalue weighted by Crippen LogP contribution is 2.27. The lowest BCUT2D eigenvalue weighted by Gasteiger charge is -2.25. The molecule has 3 aliphatic rings. The highest BCUT2D eigenvalue weighted by molar-refractivity contribution is 5.29. The van der Waals surface area contributed by atoms with Crippen LogP contribution < -0.4 is 5.56 Å². The van der Waals surface area contributed by atoms with Crippen molar-refractivity contribution in [3.8, 4) is 0 Å². The summed E-state index contributed by atoms with van der Waals surface area (Å²) in [6, 6.07) is 2.06. The molecular weight excluding hydrogens is 330 g/mol. The standard InChI is InChI=1S/C19H25N5O2/c25-19-9-13-12-26-8-6-16(13)22-24(19)10-14-3-2-7-23(14)11-18-15-4-1-5-17(15)20-21-18/h9,14H,1-8,10-12H2,(H,20,21). The maximum Gasteiger partial charge on any atom is 0.267 e. The summed E-state index contributed by atoms with van der Waals surface area (Å²) in [6.07, 6.45) is 6.59. The Labute approximate surface area is 152 Å². The van der Waals surface area contributed by atoms with E-state index in [9.17, 15) is 4.79 Å². The van der Waals surface area contributed by atoms with Crippen molar-refractivity contribution in [1.82, 2.24) is 24.9 Å². The molecule has 0 spiro atoms. The molecule has 7 heteroatoms. The van der Waals surface area contributed by atoms with Crippen LogP contribution in [0.1, 0.15) is 47.5 Å². The predicted octanol–water partition coefficient (Wildman–Crippen LogP) is 1.19. The van der Waals surface area contributed by atoms with Crippen LogP contribution in [0.15, 0.2) is 10.9 Å². The molecule has 2 aromatic rings. The largest absolute Gasteiger partial charge is 0.376 e. The maximum atomic E-state index is 12.5. The van der Waals surface area contributed by atoms with Crippen molar-refractivity contribution in [2.45, 2.75) is 64.3 Å². The van der Waals surface area contributed by atoms with Crippen LogP contribution in [-0.4, -0.2) is 44.1 Å². The van der Waals surface area contributed by atoms with E-state index in [0.29, 0.717) is 25.8 Å². The number of ether oxygens (including phenoxy) is 1. The quantitative estimate of drug-likeness (QED) is 0.892. The summed E-state index contributed by atoms with van der Waals surface area (Å²) >= 11 is 0. The summed E-state index contributed by atoms with van der Waals surface area (Å²) < 4.78 is 7.10. The first-order chi connectivity index (χ1) is 12.8. The second-order valence-electron chi connectivity index (χ2n) is 7.69. The normalized spacial score (nSPS) is 22.5.